The summed E-state index contributed by atoms with van der Waals surface area (Å²) < 4.78 is 0. The van der Waals surface area contributed by atoms with E-state index < -0.39 is 6.04 Å². The molecule has 0 amide bonds. The van der Waals surface area contributed by atoms with Crippen LogP contribution in [-0.4, -0.2) is 11.7 Å². The molecule has 2 N–H and O–H groups in total. The van der Waals surface area contributed by atoms with Gasteiger partial charge in [0.05, 0.1) is 0 Å². The number of nitrogens with zero attached hydrogens (tertiary/aromatic N) is 2. The van der Waals surface area contributed by atoms with Gasteiger partial charge in [0, 0.05) is 21.9 Å². The zero-order valence-electron chi connectivity index (χ0n) is 13.5. The maximum atomic E-state index is 13.1. The van der Waals surface area contributed by atoms with E-state index in [-0.39, 0.29) is 11.7 Å². The van der Waals surface area contributed by atoms with Crippen molar-refractivity contribution in [1.82, 2.24) is 10.6 Å². The average molecular weight is 351 g/mol. The number of carbonyl (C=O) groups is 1. The topological polar surface area (TPSA) is 77.3 Å². The monoisotopic (exact) mass is 350 g/mol. The number of hydrogen-bond acceptors (Lipinski definition) is 5. The molecule has 1 heterocycles. The molecule has 3 rings (SSSR count). The molecule has 25 heavy (non-hydrogen) atoms. The second-order valence-electron chi connectivity index (χ2n) is 5.50. The molecular formula is C19H15ClN4O. The van der Waals surface area contributed by atoms with E-state index in [0.29, 0.717) is 27.4 Å². The van der Waals surface area contributed by atoms with Gasteiger partial charge in [-0.2, -0.15) is 5.26 Å². The average Bonchev–Trinajstić information content (AvgIpc) is 2.62. The van der Waals surface area contributed by atoms with Gasteiger partial charge in [0.15, 0.2) is 12.0 Å². The zero-order valence-corrected chi connectivity index (χ0v) is 14.2. The molecule has 0 fully saturated rings. The fourth-order valence-corrected chi connectivity index (χ4v) is 2.99. The second kappa shape index (κ2) is 7.20. The number of nitrogens with one attached hydrogen (secondary N) is 2. The highest BCUT2D eigenvalue weighted by molar-refractivity contribution is 6.31. The number of guanidine groups is 1. The summed E-state index contributed by atoms with van der Waals surface area (Å²) in [4.78, 5) is 17.6. The Bertz CT molecular complexity index is 913. The van der Waals surface area contributed by atoms with Crippen LogP contribution in [0.15, 0.2) is 70.9 Å². The van der Waals surface area contributed by atoms with Gasteiger partial charge in [-0.15, -0.1) is 0 Å². The molecule has 1 atom stereocenters. The van der Waals surface area contributed by atoms with Crippen molar-refractivity contribution in [3.63, 3.8) is 0 Å². The van der Waals surface area contributed by atoms with E-state index in [1.807, 2.05) is 42.6 Å². The minimum absolute atomic E-state index is 0.129. The predicted octanol–water partition coefficient (Wildman–Crippen LogP) is 3.57. The van der Waals surface area contributed by atoms with Crippen LogP contribution in [0.3, 0.4) is 0 Å². The van der Waals surface area contributed by atoms with Gasteiger partial charge in [0.1, 0.15) is 6.04 Å². The number of rotatable bonds is 3. The van der Waals surface area contributed by atoms with Crippen molar-refractivity contribution in [2.45, 2.75) is 13.0 Å². The van der Waals surface area contributed by atoms with E-state index >= 15 is 0 Å². The van der Waals surface area contributed by atoms with Gasteiger partial charge in [0.2, 0.25) is 5.96 Å². The number of allylic oxidation sites excluding steroid dienone is 1. The normalized spacial score (nSPS) is 16.5. The van der Waals surface area contributed by atoms with E-state index in [4.69, 9.17) is 16.9 Å². The largest absolute Gasteiger partial charge is 0.329 e. The van der Waals surface area contributed by atoms with Crippen LogP contribution in [0, 0.1) is 11.5 Å². The van der Waals surface area contributed by atoms with Crippen LogP contribution in [0.4, 0.5) is 0 Å². The highest BCUT2D eigenvalue weighted by Crippen LogP contribution is 2.36. The lowest BCUT2D eigenvalue weighted by Gasteiger charge is -2.26. The van der Waals surface area contributed by atoms with Crippen LogP contribution >= 0.6 is 11.6 Å². The molecule has 0 unspecified atom stereocenters. The molecule has 0 radical (unpaired) electrons. The van der Waals surface area contributed by atoms with Crippen molar-refractivity contribution in [2.75, 3.05) is 0 Å². The molecule has 2 aromatic rings. The summed E-state index contributed by atoms with van der Waals surface area (Å²) in [5.41, 5.74) is 2.42. The Morgan fingerprint density at radius 2 is 1.88 bits per heavy atom. The molecule has 0 bridgehead atoms. The molecule has 0 saturated heterocycles. The summed E-state index contributed by atoms with van der Waals surface area (Å²) in [5.74, 6) is 0.157. The van der Waals surface area contributed by atoms with Gasteiger partial charge in [0.25, 0.3) is 0 Å². The Morgan fingerprint density at radius 3 is 2.56 bits per heavy atom. The number of ketones is 1. The fourth-order valence-electron chi connectivity index (χ4n) is 2.75. The lowest BCUT2D eigenvalue weighted by atomic mass is 9.90. The lowest BCUT2D eigenvalue weighted by molar-refractivity contribution is 0.102. The molecule has 5 nitrogen and oxygen atoms in total. The Kier molecular flexibility index (Phi) is 4.82. The van der Waals surface area contributed by atoms with Gasteiger partial charge in [-0.1, -0.05) is 60.1 Å². The molecule has 0 aliphatic carbocycles. The van der Waals surface area contributed by atoms with Crippen LogP contribution in [0.2, 0.25) is 5.02 Å². The van der Waals surface area contributed by atoms with E-state index in [2.05, 4.69) is 15.6 Å². The standard InChI is InChI=1S/C19H15ClN4O/c1-12-16(18(25)13-7-3-2-4-8-13)17(24-19(23-12)22-11-21)14-9-5-6-10-15(14)20/h2-10,17H,1H3,(H2,22,23,24)/t17-/m1/s1. The predicted molar refractivity (Wildman–Crippen MR) is 97.0 cm³/mol. The minimum Gasteiger partial charge on any atom is -0.329 e. The van der Waals surface area contributed by atoms with E-state index in [1.54, 1.807) is 25.1 Å². The van der Waals surface area contributed by atoms with Gasteiger partial charge in [-0.25, -0.2) is 4.99 Å². The van der Waals surface area contributed by atoms with Crippen LogP contribution in [0.25, 0.3) is 0 Å². The van der Waals surface area contributed by atoms with E-state index in [0.717, 1.165) is 0 Å². The number of halogens is 1. The first-order chi connectivity index (χ1) is 12.1. The van der Waals surface area contributed by atoms with Crippen molar-refractivity contribution < 1.29 is 4.79 Å². The summed E-state index contributed by atoms with van der Waals surface area (Å²) in [5, 5.41) is 14.9. The number of aliphatic imine (C=N–C) groups is 1. The Labute approximate surface area is 150 Å². The molecule has 124 valence electrons. The Hall–Kier alpha value is -3.10. The number of hydrogen-bond donors (Lipinski definition) is 2. The summed E-state index contributed by atoms with van der Waals surface area (Å²) in [6.07, 6.45) is 1.84. The SMILES string of the molecule is CC1=C(C(=O)c2ccccc2)[C@@H](c2ccccc2Cl)N=C(NC#N)N1. The number of nitriles is 1. The molecule has 1 aliphatic heterocycles. The molecule has 6 heteroatoms. The zero-order chi connectivity index (χ0) is 17.8. The number of carbonyl (C=O) groups excluding carboxylic acids is 1. The summed E-state index contributed by atoms with van der Waals surface area (Å²) in [6, 6.07) is 15.7. The van der Waals surface area contributed by atoms with Crippen molar-refractivity contribution >= 4 is 23.3 Å². The molecule has 0 saturated carbocycles. The van der Waals surface area contributed by atoms with Crippen LogP contribution < -0.4 is 10.6 Å². The Morgan fingerprint density at radius 1 is 1.20 bits per heavy atom. The summed E-state index contributed by atoms with van der Waals surface area (Å²) in [7, 11) is 0. The van der Waals surface area contributed by atoms with Crippen molar-refractivity contribution in [2.24, 2.45) is 4.99 Å². The lowest BCUT2D eigenvalue weighted by Crippen LogP contribution is -2.39. The first-order valence-corrected chi connectivity index (χ1v) is 8.04. The summed E-state index contributed by atoms with van der Waals surface area (Å²) in [6.45, 7) is 1.79. The number of Topliss-reactive ketones (excluding diaryl/α,β-unsaturated/α-hetero) is 1. The Balaban J connectivity index is 2.11. The van der Waals surface area contributed by atoms with Crippen LogP contribution in [0.1, 0.15) is 28.9 Å². The highest BCUT2D eigenvalue weighted by Gasteiger charge is 2.30. The third-order valence-electron chi connectivity index (χ3n) is 3.90. The quantitative estimate of drug-likeness (QED) is 0.504. The second-order valence-corrected chi connectivity index (χ2v) is 5.90. The van der Waals surface area contributed by atoms with E-state index in [1.165, 1.54) is 0 Å². The minimum atomic E-state index is -0.599. The fraction of sp³-hybridized carbons (Fsp3) is 0.105. The smallest absolute Gasteiger partial charge is 0.209 e. The van der Waals surface area contributed by atoms with Gasteiger partial charge >= 0.3 is 0 Å². The third-order valence-corrected chi connectivity index (χ3v) is 4.24. The summed E-state index contributed by atoms with van der Waals surface area (Å²) >= 11 is 6.34. The highest BCUT2D eigenvalue weighted by atomic mass is 35.5. The molecule has 1 aliphatic rings. The van der Waals surface area contributed by atoms with E-state index in [9.17, 15) is 4.79 Å². The van der Waals surface area contributed by atoms with Crippen molar-refractivity contribution in [3.05, 3.63) is 82.0 Å². The van der Waals surface area contributed by atoms with Crippen LogP contribution in [0.5, 0.6) is 0 Å². The first kappa shape index (κ1) is 16.7. The maximum absolute atomic E-state index is 13.1. The van der Waals surface area contributed by atoms with Crippen molar-refractivity contribution in [1.29, 1.82) is 5.26 Å². The first-order valence-electron chi connectivity index (χ1n) is 7.66. The molecule has 2 aromatic carbocycles. The third kappa shape index (κ3) is 3.39. The molecule has 0 aromatic heterocycles. The van der Waals surface area contributed by atoms with Gasteiger partial charge < -0.3 is 5.32 Å². The van der Waals surface area contributed by atoms with Gasteiger partial charge in [-0.3, -0.25) is 10.1 Å². The molecular weight excluding hydrogens is 336 g/mol. The van der Waals surface area contributed by atoms with Gasteiger partial charge in [-0.05, 0) is 18.6 Å². The van der Waals surface area contributed by atoms with Crippen molar-refractivity contribution in [3.8, 4) is 6.19 Å². The number of benzene rings is 2. The maximum Gasteiger partial charge on any atom is 0.209 e. The van der Waals surface area contributed by atoms with Crippen LogP contribution in [-0.2, 0) is 0 Å². The molecule has 0 spiro atoms.